The molecule has 40 heavy (non-hydrogen) atoms. The molecule has 2 atom stereocenters. The lowest BCUT2D eigenvalue weighted by atomic mass is 9.97. The molecule has 0 aliphatic carbocycles. The summed E-state index contributed by atoms with van der Waals surface area (Å²) in [5, 5.41) is 19.5. The Bertz CT molecular complexity index is 1510. The summed E-state index contributed by atoms with van der Waals surface area (Å²) in [6.07, 6.45) is -2.29. The molecule has 4 aromatic rings. The molecule has 5 nitrogen and oxygen atoms in total. The Morgan fingerprint density at radius 3 is 2.45 bits per heavy atom. The minimum absolute atomic E-state index is 0.137. The molecule has 7 heteroatoms. The van der Waals surface area contributed by atoms with E-state index >= 15 is 0 Å². The molecular weight excluding hydrogens is 527 g/mol. The van der Waals surface area contributed by atoms with Gasteiger partial charge in [-0.3, -0.25) is 4.90 Å². The number of likely N-dealkylation sites (tertiary alicyclic amines) is 1. The third-order valence-electron chi connectivity index (χ3n) is 7.17. The van der Waals surface area contributed by atoms with Crippen LogP contribution in [0.1, 0.15) is 27.8 Å². The van der Waals surface area contributed by atoms with Crippen LogP contribution < -0.4 is 9.47 Å². The normalized spacial score (nSPS) is 17.0. The summed E-state index contributed by atoms with van der Waals surface area (Å²) in [6.45, 7) is 3.37. The lowest BCUT2D eigenvalue weighted by Gasteiger charge is -2.20. The highest BCUT2D eigenvalue weighted by Gasteiger charge is 2.31. The predicted molar refractivity (Wildman–Crippen MR) is 154 cm³/mol. The molecule has 1 N–H and O–H groups in total. The topological polar surface area (TPSA) is 65.7 Å². The van der Waals surface area contributed by atoms with Gasteiger partial charge in [-0.25, -0.2) is 4.39 Å². The fourth-order valence-corrected chi connectivity index (χ4v) is 5.19. The molecule has 5 rings (SSSR count). The maximum absolute atomic E-state index is 14.0. The predicted octanol–water partition coefficient (Wildman–Crippen LogP) is 6.86. The van der Waals surface area contributed by atoms with Crippen LogP contribution in [0, 0.1) is 18.3 Å². The molecule has 1 heterocycles. The van der Waals surface area contributed by atoms with Gasteiger partial charge in [0.1, 0.15) is 30.9 Å². The number of nitrogens with zero attached hydrogens (tertiary/aromatic N) is 2. The zero-order valence-electron chi connectivity index (χ0n) is 22.2. The van der Waals surface area contributed by atoms with E-state index in [1.165, 1.54) is 0 Å². The van der Waals surface area contributed by atoms with E-state index in [1.807, 2.05) is 47.4 Å². The van der Waals surface area contributed by atoms with Crippen LogP contribution in [0.15, 0.2) is 84.9 Å². The van der Waals surface area contributed by atoms with Gasteiger partial charge in [-0.15, -0.1) is 0 Å². The van der Waals surface area contributed by atoms with Crippen molar-refractivity contribution >= 4 is 11.6 Å². The van der Waals surface area contributed by atoms with Crippen molar-refractivity contribution < 1.29 is 19.0 Å². The highest BCUT2D eigenvalue weighted by Crippen LogP contribution is 2.36. The fourth-order valence-electron chi connectivity index (χ4n) is 4.95. The Morgan fingerprint density at radius 2 is 1.70 bits per heavy atom. The largest absolute Gasteiger partial charge is 0.488 e. The van der Waals surface area contributed by atoms with E-state index in [9.17, 15) is 14.8 Å². The first kappa shape index (κ1) is 27.7. The summed E-state index contributed by atoms with van der Waals surface area (Å²) in [7, 11) is 0. The minimum Gasteiger partial charge on any atom is -0.488 e. The molecule has 0 unspecified atom stereocenters. The second-order valence-corrected chi connectivity index (χ2v) is 10.4. The molecule has 0 radical (unpaired) electrons. The molecule has 0 bridgehead atoms. The number of aliphatic hydroxyl groups excluding tert-OH is 1. The number of nitriles is 1. The summed E-state index contributed by atoms with van der Waals surface area (Å²) in [5.41, 5.74) is 6.61. The van der Waals surface area contributed by atoms with Crippen molar-refractivity contribution in [1.82, 2.24) is 4.90 Å². The van der Waals surface area contributed by atoms with Crippen molar-refractivity contribution in [3.8, 4) is 28.7 Å². The lowest BCUT2D eigenvalue weighted by molar-refractivity contribution is 0.115. The molecule has 1 saturated heterocycles. The van der Waals surface area contributed by atoms with Gasteiger partial charge < -0.3 is 14.6 Å². The second kappa shape index (κ2) is 12.5. The standard InChI is InChI=1S/C33H30ClFN2O3/c1-22-26(11-6-12-28(22)25-9-3-2-4-10-25)21-40-33-15-32(39-20-24-8-5-7-23(13-24)16-36)27(14-29(33)34)17-37-18-30(35)31(38)19-37/h2-15,30-31,38H,17-21H2,1H3/t30-,31-/m0/s1. The van der Waals surface area contributed by atoms with Gasteiger partial charge in [0.15, 0.2) is 0 Å². The number of halogens is 2. The van der Waals surface area contributed by atoms with E-state index in [1.54, 1.807) is 24.3 Å². The third kappa shape index (κ3) is 6.46. The molecule has 1 fully saturated rings. The van der Waals surface area contributed by atoms with E-state index in [4.69, 9.17) is 21.1 Å². The smallest absolute Gasteiger partial charge is 0.142 e. The van der Waals surface area contributed by atoms with Crippen molar-refractivity contribution in [3.05, 3.63) is 118 Å². The molecule has 0 amide bonds. The molecule has 0 aromatic heterocycles. The summed E-state index contributed by atoms with van der Waals surface area (Å²) in [5.74, 6) is 1.02. The van der Waals surface area contributed by atoms with Crippen LogP contribution in [0.2, 0.25) is 5.02 Å². The zero-order valence-corrected chi connectivity index (χ0v) is 22.9. The quantitative estimate of drug-likeness (QED) is 0.244. The third-order valence-corrected chi connectivity index (χ3v) is 7.46. The van der Waals surface area contributed by atoms with Crippen LogP contribution in [-0.4, -0.2) is 35.4 Å². The molecule has 1 aliphatic rings. The second-order valence-electron chi connectivity index (χ2n) is 10.0. The van der Waals surface area contributed by atoms with E-state index in [2.05, 4.69) is 31.2 Å². The maximum atomic E-state index is 14.0. The van der Waals surface area contributed by atoms with Crippen molar-refractivity contribution in [2.45, 2.75) is 39.0 Å². The van der Waals surface area contributed by atoms with Gasteiger partial charge in [0, 0.05) is 31.3 Å². The van der Waals surface area contributed by atoms with Crippen LogP contribution in [0.5, 0.6) is 11.5 Å². The van der Waals surface area contributed by atoms with Gasteiger partial charge in [-0.2, -0.15) is 5.26 Å². The fraction of sp³-hybridized carbons (Fsp3) is 0.242. The molecule has 4 aromatic carbocycles. The van der Waals surface area contributed by atoms with Crippen LogP contribution in [0.3, 0.4) is 0 Å². The Kier molecular flexibility index (Phi) is 8.66. The number of benzene rings is 4. The number of aliphatic hydroxyl groups is 1. The SMILES string of the molecule is Cc1c(COc2cc(OCc3cccc(C#N)c3)c(CN3C[C@H](O)[C@@H](F)C3)cc2Cl)cccc1-c1ccccc1. The van der Waals surface area contributed by atoms with Crippen molar-refractivity contribution in [2.75, 3.05) is 13.1 Å². The van der Waals surface area contributed by atoms with Crippen molar-refractivity contribution in [3.63, 3.8) is 0 Å². The Morgan fingerprint density at radius 1 is 0.925 bits per heavy atom. The Balaban J connectivity index is 1.38. The Hall–Kier alpha value is -3.89. The first-order chi connectivity index (χ1) is 19.4. The summed E-state index contributed by atoms with van der Waals surface area (Å²) < 4.78 is 26.4. The molecule has 0 saturated carbocycles. The van der Waals surface area contributed by atoms with Crippen LogP contribution in [0.25, 0.3) is 11.1 Å². The van der Waals surface area contributed by atoms with E-state index in [0.717, 1.165) is 33.4 Å². The van der Waals surface area contributed by atoms with Crippen molar-refractivity contribution in [2.24, 2.45) is 0 Å². The van der Waals surface area contributed by atoms with Gasteiger partial charge in [0.05, 0.1) is 22.8 Å². The number of hydrogen-bond donors (Lipinski definition) is 1. The summed E-state index contributed by atoms with van der Waals surface area (Å²) >= 11 is 6.68. The highest BCUT2D eigenvalue weighted by molar-refractivity contribution is 6.32. The van der Waals surface area contributed by atoms with Crippen LogP contribution >= 0.6 is 11.6 Å². The lowest BCUT2D eigenvalue weighted by Crippen LogP contribution is -2.22. The monoisotopic (exact) mass is 556 g/mol. The summed E-state index contributed by atoms with van der Waals surface area (Å²) in [6, 6.07) is 29.3. The molecule has 204 valence electrons. The zero-order chi connectivity index (χ0) is 28.1. The van der Waals surface area contributed by atoms with E-state index < -0.39 is 12.3 Å². The number of hydrogen-bond acceptors (Lipinski definition) is 5. The number of rotatable bonds is 9. The first-order valence-electron chi connectivity index (χ1n) is 13.2. The van der Waals surface area contributed by atoms with E-state index in [0.29, 0.717) is 35.2 Å². The van der Waals surface area contributed by atoms with Gasteiger partial charge in [-0.05, 0) is 52.9 Å². The first-order valence-corrected chi connectivity index (χ1v) is 13.5. The Labute approximate surface area is 239 Å². The van der Waals surface area contributed by atoms with Crippen LogP contribution in [0.4, 0.5) is 4.39 Å². The summed E-state index contributed by atoms with van der Waals surface area (Å²) in [4.78, 5) is 1.84. The highest BCUT2D eigenvalue weighted by atomic mass is 35.5. The van der Waals surface area contributed by atoms with Gasteiger partial charge in [-0.1, -0.05) is 72.3 Å². The van der Waals surface area contributed by atoms with Crippen molar-refractivity contribution in [1.29, 1.82) is 5.26 Å². The van der Waals surface area contributed by atoms with Crippen LogP contribution in [-0.2, 0) is 19.8 Å². The van der Waals surface area contributed by atoms with Gasteiger partial charge >= 0.3 is 0 Å². The number of β-amino-alcohol motifs (C(OH)–C–C–N with tert-alkyl or cyclic N) is 1. The maximum Gasteiger partial charge on any atom is 0.142 e. The van der Waals surface area contributed by atoms with Gasteiger partial charge in [0.2, 0.25) is 0 Å². The minimum atomic E-state index is -1.29. The van der Waals surface area contributed by atoms with E-state index in [-0.39, 0.29) is 19.7 Å². The molecule has 1 aliphatic heterocycles. The average Bonchev–Trinajstić information content (AvgIpc) is 3.29. The average molecular weight is 557 g/mol. The molecular formula is C33H30ClFN2O3. The number of alkyl halides is 1. The molecule has 0 spiro atoms. The van der Waals surface area contributed by atoms with Gasteiger partial charge in [0.25, 0.3) is 0 Å². The number of ether oxygens (including phenoxy) is 2.